The van der Waals surface area contributed by atoms with Crippen LogP contribution in [0.3, 0.4) is 0 Å². The Morgan fingerprint density at radius 2 is 1.78 bits per heavy atom. The molecule has 0 unspecified atom stereocenters. The molecule has 2 aromatic rings. The molecule has 0 radical (unpaired) electrons. The van der Waals surface area contributed by atoms with E-state index in [0.717, 1.165) is 48.4 Å². The highest BCUT2D eigenvalue weighted by Crippen LogP contribution is 2.43. The number of hydrogen-bond acceptors (Lipinski definition) is 3. The molecule has 1 aromatic heterocycles. The van der Waals surface area contributed by atoms with Crippen LogP contribution < -0.4 is 0 Å². The Morgan fingerprint density at radius 1 is 1.04 bits per heavy atom. The molecule has 0 atom stereocenters. The molecular formula is C19H20N2O2. The number of nitrogens with zero attached hydrogens (tertiary/aromatic N) is 2. The lowest BCUT2D eigenvalue weighted by Crippen LogP contribution is -2.21. The summed E-state index contributed by atoms with van der Waals surface area (Å²) in [6.45, 7) is 1.69. The number of carbonyl (C=O) groups excluding carboxylic acids is 2. The molecule has 2 aliphatic rings. The van der Waals surface area contributed by atoms with Crippen LogP contribution in [-0.4, -0.2) is 41.7 Å². The van der Waals surface area contributed by atoms with Gasteiger partial charge in [-0.1, -0.05) is 24.3 Å². The number of carbonyl (C=O) groups is 2. The van der Waals surface area contributed by atoms with Gasteiger partial charge < -0.3 is 9.47 Å². The molecule has 0 saturated heterocycles. The van der Waals surface area contributed by atoms with E-state index in [-0.39, 0.29) is 11.6 Å². The van der Waals surface area contributed by atoms with Crippen molar-refractivity contribution in [3.63, 3.8) is 0 Å². The van der Waals surface area contributed by atoms with E-state index in [2.05, 4.69) is 9.47 Å². The maximum atomic E-state index is 12.9. The van der Waals surface area contributed by atoms with Crippen LogP contribution in [0.4, 0.5) is 0 Å². The molecule has 0 spiro atoms. The minimum Gasteiger partial charge on any atom is -0.342 e. The number of aromatic nitrogens is 1. The highest BCUT2D eigenvalue weighted by molar-refractivity contribution is 6.26. The quantitative estimate of drug-likeness (QED) is 0.747. The number of ketones is 2. The molecule has 0 saturated carbocycles. The van der Waals surface area contributed by atoms with E-state index in [4.69, 9.17) is 0 Å². The molecule has 4 heteroatoms. The predicted octanol–water partition coefficient (Wildman–Crippen LogP) is 2.78. The van der Waals surface area contributed by atoms with Gasteiger partial charge in [0, 0.05) is 36.3 Å². The number of rotatable bonds is 3. The molecule has 0 amide bonds. The standard InChI is InChI=1S/C19H20N2O2/c1-20(2)10-11-21-14-8-5-9-15(22)16(14)17-18(21)12-6-3-4-7-13(12)19(17)23/h3-4,6-7H,5,8-11H2,1-2H3. The zero-order valence-corrected chi connectivity index (χ0v) is 13.6. The minimum absolute atomic E-state index is 0.0192. The first-order valence-corrected chi connectivity index (χ1v) is 8.17. The van der Waals surface area contributed by atoms with Crippen LogP contribution >= 0.6 is 0 Å². The van der Waals surface area contributed by atoms with Crippen molar-refractivity contribution in [3.8, 4) is 11.3 Å². The number of likely N-dealkylation sites (N-methyl/N-ethyl adjacent to an activating group) is 1. The van der Waals surface area contributed by atoms with Crippen molar-refractivity contribution < 1.29 is 9.59 Å². The average molecular weight is 308 g/mol. The summed E-state index contributed by atoms with van der Waals surface area (Å²) in [6.07, 6.45) is 2.32. The van der Waals surface area contributed by atoms with Crippen LogP contribution in [0.2, 0.25) is 0 Å². The second-order valence-corrected chi connectivity index (χ2v) is 6.65. The monoisotopic (exact) mass is 308 g/mol. The number of benzene rings is 1. The first-order chi connectivity index (χ1) is 11.1. The molecule has 4 rings (SSSR count). The van der Waals surface area contributed by atoms with Crippen LogP contribution in [-0.2, 0) is 13.0 Å². The zero-order chi connectivity index (χ0) is 16.1. The van der Waals surface area contributed by atoms with Gasteiger partial charge in [-0.2, -0.15) is 0 Å². The summed E-state index contributed by atoms with van der Waals surface area (Å²) < 4.78 is 2.23. The fourth-order valence-electron chi connectivity index (χ4n) is 3.84. The van der Waals surface area contributed by atoms with Gasteiger partial charge in [-0.3, -0.25) is 9.59 Å². The third-order valence-corrected chi connectivity index (χ3v) is 4.89. The van der Waals surface area contributed by atoms with Gasteiger partial charge in [-0.25, -0.2) is 0 Å². The minimum atomic E-state index is 0.0192. The molecule has 118 valence electrons. The van der Waals surface area contributed by atoms with Crippen LogP contribution in [0.1, 0.15) is 44.8 Å². The van der Waals surface area contributed by atoms with E-state index in [0.29, 0.717) is 17.5 Å². The zero-order valence-electron chi connectivity index (χ0n) is 13.6. The summed E-state index contributed by atoms with van der Waals surface area (Å²) in [5.41, 5.74) is 5.10. The van der Waals surface area contributed by atoms with Gasteiger partial charge in [0.25, 0.3) is 0 Å². The van der Waals surface area contributed by atoms with E-state index >= 15 is 0 Å². The number of Topliss-reactive ketones (excluding diaryl/α,β-unsaturated/α-hetero) is 1. The number of fused-ring (bicyclic) bond motifs is 5. The van der Waals surface area contributed by atoms with Crippen molar-refractivity contribution in [1.82, 2.24) is 9.47 Å². The smallest absolute Gasteiger partial charge is 0.196 e. The van der Waals surface area contributed by atoms with Gasteiger partial charge in [-0.05, 0) is 26.9 Å². The normalized spacial score (nSPS) is 15.8. The fraction of sp³-hybridized carbons (Fsp3) is 0.368. The number of hydrogen-bond donors (Lipinski definition) is 0. The molecule has 1 aromatic carbocycles. The first-order valence-electron chi connectivity index (χ1n) is 8.17. The summed E-state index contributed by atoms with van der Waals surface area (Å²) in [5, 5.41) is 0. The van der Waals surface area contributed by atoms with Crippen molar-refractivity contribution >= 4 is 11.6 Å². The maximum absolute atomic E-state index is 12.9. The molecule has 1 heterocycles. The van der Waals surface area contributed by atoms with Crippen LogP contribution in [0.15, 0.2) is 24.3 Å². The predicted molar refractivity (Wildman–Crippen MR) is 89.1 cm³/mol. The van der Waals surface area contributed by atoms with E-state index in [9.17, 15) is 9.59 Å². The average Bonchev–Trinajstić information content (AvgIpc) is 3.01. The summed E-state index contributed by atoms with van der Waals surface area (Å²) in [5.74, 6) is 0.151. The van der Waals surface area contributed by atoms with Crippen molar-refractivity contribution in [2.24, 2.45) is 0 Å². The highest BCUT2D eigenvalue weighted by Gasteiger charge is 2.38. The third-order valence-electron chi connectivity index (χ3n) is 4.89. The summed E-state index contributed by atoms with van der Waals surface area (Å²) >= 11 is 0. The van der Waals surface area contributed by atoms with Gasteiger partial charge in [0.05, 0.1) is 16.8 Å². The van der Waals surface area contributed by atoms with Gasteiger partial charge in [0.2, 0.25) is 0 Å². The second-order valence-electron chi connectivity index (χ2n) is 6.65. The third kappa shape index (κ3) is 2.01. The van der Waals surface area contributed by atoms with Gasteiger partial charge in [-0.15, -0.1) is 0 Å². The maximum Gasteiger partial charge on any atom is 0.196 e. The summed E-state index contributed by atoms with van der Waals surface area (Å²) in [4.78, 5) is 27.5. The van der Waals surface area contributed by atoms with Crippen LogP contribution in [0.5, 0.6) is 0 Å². The molecule has 0 bridgehead atoms. The molecule has 2 aliphatic carbocycles. The van der Waals surface area contributed by atoms with E-state index in [1.807, 2.05) is 38.4 Å². The van der Waals surface area contributed by atoms with Crippen LogP contribution in [0, 0.1) is 0 Å². The second kappa shape index (κ2) is 5.17. The van der Waals surface area contributed by atoms with Crippen LogP contribution in [0.25, 0.3) is 11.3 Å². The Morgan fingerprint density at radius 3 is 2.52 bits per heavy atom. The van der Waals surface area contributed by atoms with Gasteiger partial charge in [0.15, 0.2) is 11.6 Å². The first kappa shape index (κ1) is 14.4. The SMILES string of the molecule is CN(C)CCn1c2c(c3c1-c1ccccc1C3=O)C(=O)CCC2. The molecule has 0 aliphatic heterocycles. The molecular weight excluding hydrogens is 288 g/mol. The summed E-state index contributed by atoms with van der Waals surface area (Å²) in [7, 11) is 4.08. The Bertz CT molecular complexity index is 830. The van der Waals surface area contributed by atoms with E-state index < -0.39 is 0 Å². The molecule has 23 heavy (non-hydrogen) atoms. The fourth-order valence-corrected chi connectivity index (χ4v) is 3.84. The Kier molecular flexibility index (Phi) is 3.23. The van der Waals surface area contributed by atoms with Gasteiger partial charge >= 0.3 is 0 Å². The summed E-state index contributed by atoms with van der Waals surface area (Å²) in [6, 6.07) is 7.72. The lowest BCUT2D eigenvalue weighted by atomic mass is 9.92. The van der Waals surface area contributed by atoms with Crippen molar-refractivity contribution in [2.75, 3.05) is 20.6 Å². The molecule has 4 nitrogen and oxygen atoms in total. The van der Waals surface area contributed by atoms with E-state index in [1.165, 1.54) is 0 Å². The highest BCUT2D eigenvalue weighted by atomic mass is 16.1. The van der Waals surface area contributed by atoms with Gasteiger partial charge in [0.1, 0.15) is 0 Å². The Hall–Kier alpha value is -2.20. The lowest BCUT2D eigenvalue weighted by molar-refractivity contribution is 0.0959. The van der Waals surface area contributed by atoms with Crippen molar-refractivity contribution in [3.05, 3.63) is 46.6 Å². The Labute approximate surface area is 135 Å². The molecule has 0 fully saturated rings. The van der Waals surface area contributed by atoms with Crippen molar-refractivity contribution in [2.45, 2.75) is 25.8 Å². The van der Waals surface area contributed by atoms with E-state index in [1.54, 1.807) is 0 Å². The topological polar surface area (TPSA) is 42.3 Å². The largest absolute Gasteiger partial charge is 0.342 e. The Balaban J connectivity index is 1.98. The van der Waals surface area contributed by atoms with Crippen molar-refractivity contribution in [1.29, 1.82) is 0 Å². The lowest BCUT2D eigenvalue weighted by Gasteiger charge is -2.19. The molecule has 0 N–H and O–H groups in total.